The molecule has 126 valence electrons. The van der Waals surface area contributed by atoms with E-state index in [0.717, 1.165) is 16.9 Å². The van der Waals surface area contributed by atoms with Gasteiger partial charge in [0.05, 0.1) is 0 Å². The molecule has 0 aliphatic carbocycles. The van der Waals surface area contributed by atoms with E-state index >= 15 is 0 Å². The average molecular weight is 351 g/mol. The molecular formula is C21H17ClNO2-. The number of pyridine rings is 1. The Morgan fingerprint density at radius 2 is 1.84 bits per heavy atom. The van der Waals surface area contributed by atoms with Crippen molar-refractivity contribution in [2.75, 3.05) is 0 Å². The number of aromatic nitrogens is 1. The maximum atomic E-state index is 12.1. The lowest BCUT2D eigenvalue weighted by molar-refractivity contribution is -0.0000125. The van der Waals surface area contributed by atoms with Gasteiger partial charge in [-0.3, -0.25) is 9.78 Å². The van der Waals surface area contributed by atoms with Crippen molar-refractivity contribution in [3.63, 3.8) is 0 Å². The van der Waals surface area contributed by atoms with E-state index in [0.29, 0.717) is 12.2 Å². The summed E-state index contributed by atoms with van der Waals surface area (Å²) in [4.78, 5) is 16.0. The minimum absolute atomic E-state index is 0. The van der Waals surface area contributed by atoms with Gasteiger partial charge < -0.3 is 17.1 Å². The molecule has 0 aliphatic heterocycles. The molecule has 25 heavy (non-hydrogen) atoms. The van der Waals surface area contributed by atoms with Gasteiger partial charge in [-0.2, -0.15) is 0 Å². The zero-order valence-corrected chi connectivity index (χ0v) is 14.3. The third kappa shape index (κ3) is 5.59. The fourth-order valence-electron chi connectivity index (χ4n) is 2.23. The van der Waals surface area contributed by atoms with Gasteiger partial charge in [-0.15, -0.1) is 0 Å². The minimum atomic E-state index is -0.0706. The highest BCUT2D eigenvalue weighted by Crippen LogP contribution is 2.16. The van der Waals surface area contributed by atoms with Crippen LogP contribution in [0.4, 0.5) is 0 Å². The number of carbonyl (C=O) groups is 1. The summed E-state index contributed by atoms with van der Waals surface area (Å²) in [6, 6.07) is 21.2. The third-order valence-electron chi connectivity index (χ3n) is 3.48. The number of rotatable bonds is 6. The van der Waals surface area contributed by atoms with E-state index in [1.807, 2.05) is 54.6 Å². The normalized spacial score (nSPS) is 10.2. The second kappa shape index (κ2) is 9.40. The van der Waals surface area contributed by atoms with Gasteiger partial charge in [0.1, 0.15) is 12.4 Å². The van der Waals surface area contributed by atoms with Gasteiger partial charge in [-0.25, -0.2) is 0 Å². The Labute approximate surface area is 153 Å². The Morgan fingerprint density at radius 3 is 2.60 bits per heavy atom. The first-order valence-corrected chi connectivity index (χ1v) is 7.70. The van der Waals surface area contributed by atoms with Crippen molar-refractivity contribution in [1.29, 1.82) is 0 Å². The minimum Gasteiger partial charge on any atom is -1.00 e. The van der Waals surface area contributed by atoms with E-state index in [4.69, 9.17) is 4.74 Å². The highest BCUT2D eigenvalue weighted by atomic mass is 35.5. The van der Waals surface area contributed by atoms with Crippen molar-refractivity contribution < 1.29 is 21.9 Å². The van der Waals surface area contributed by atoms with Gasteiger partial charge in [0.2, 0.25) is 0 Å². The molecule has 0 unspecified atom stereocenters. The summed E-state index contributed by atoms with van der Waals surface area (Å²) in [7, 11) is 0. The van der Waals surface area contributed by atoms with Crippen LogP contribution in [0.25, 0.3) is 6.08 Å². The van der Waals surface area contributed by atoms with Gasteiger partial charge in [0.25, 0.3) is 0 Å². The van der Waals surface area contributed by atoms with Crippen molar-refractivity contribution in [3.8, 4) is 5.75 Å². The summed E-state index contributed by atoms with van der Waals surface area (Å²) in [5.74, 6) is 0.702. The Hall–Kier alpha value is -2.91. The van der Waals surface area contributed by atoms with Crippen LogP contribution in [0, 0.1) is 0 Å². The van der Waals surface area contributed by atoms with Gasteiger partial charge in [0.15, 0.2) is 5.78 Å². The molecule has 0 fully saturated rings. The molecule has 0 radical (unpaired) electrons. The maximum Gasteiger partial charge on any atom is 0.187 e. The average Bonchev–Trinajstić information content (AvgIpc) is 2.66. The van der Waals surface area contributed by atoms with Crippen LogP contribution < -0.4 is 17.1 Å². The number of ketones is 1. The standard InChI is InChI=1S/C21H17NO2.ClH/c23-21(19-9-5-13-22-15-19)12-11-17-8-4-10-20(14-17)24-16-18-6-2-1-3-7-18;/h1-15H,16H2;1H/p-1/b12-11+;. The first-order chi connectivity index (χ1) is 11.8. The topological polar surface area (TPSA) is 39.2 Å². The quantitative estimate of drug-likeness (QED) is 0.500. The summed E-state index contributed by atoms with van der Waals surface area (Å²) in [6.45, 7) is 0.516. The SMILES string of the molecule is O=C(/C=C/c1cccc(OCc2ccccc2)c1)c1cccnc1.[Cl-]. The molecule has 1 aromatic heterocycles. The van der Waals surface area contributed by atoms with Crippen molar-refractivity contribution in [3.05, 3.63) is 102 Å². The Kier molecular flexibility index (Phi) is 6.93. The van der Waals surface area contributed by atoms with Crippen LogP contribution in [-0.4, -0.2) is 10.8 Å². The third-order valence-corrected chi connectivity index (χ3v) is 3.48. The molecule has 3 rings (SSSR count). The van der Waals surface area contributed by atoms with E-state index in [2.05, 4.69) is 4.98 Å². The zero-order valence-electron chi connectivity index (χ0n) is 13.5. The van der Waals surface area contributed by atoms with Crippen LogP contribution in [0.3, 0.4) is 0 Å². The smallest absolute Gasteiger partial charge is 0.187 e. The van der Waals surface area contributed by atoms with Gasteiger partial charge in [-0.05, 0) is 41.5 Å². The van der Waals surface area contributed by atoms with Crippen LogP contribution in [0.2, 0.25) is 0 Å². The summed E-state index contributed by atoms with van der Waals surface area (Å²) < 4.78 is 5.80. The molecule has 2 aromatic carbocycles. The summed E-state index contributed by atoms with van der Waals surface area (Å²) in [5.41, 5.74) is 2.60. The Bertz CT molecular complexity index is 833. The largest absolute Gasteiger partial charge is 1.00 e. The van der Waals surface area contributed by atoms with E-state index < -0.39 is 0 Å². The first kappa shape index (κ1) is 18.4. The predicted molar refractivity (Wildman–Crippen MR) is 94.8 cm³/mol. The molecule has 3 nitrogen and oxygen atoms in total. The second-order valence-electron chi connectivity index (χ2n) is 5.29. The highest BCUT2D eigenvalue weighted by molar-refractivity contribution is 6.06. The molecule has 0 bridgehead atoms. The Morgan fingerprint density at radius 1 is 1.00 bits per heavy atom. The van der Waals surface area contributed by atoms with Crippen LogP contribution in [0.5, 0.6) is 5.75 Å². The lowest BCUT2D eigenvalue weighted by Gasteiger charge is -2.06. The van der Waals surface area contributed by atoms with Gasteiger partial charge in [-0.1, -0.05) is 48.5 Å². The molecule has 3 aromatic rings. The monoisotopic (exact) mass is 350 g/mol. The lowest BCUT2D eigenvalue weighted by atomic mass is 10.1. The number of hydrogen-bond donors (Lipinski definition) is 0. The summed E-state index contributed by atoms with van der Waals surface area (Å²) >= 11 is 0. The molecule has 0 saturated carbocycles. The maximum absolute atomic E-state index is 12.1. The van der Waals surface area contributed by atoms with E-state index in [9.17, 15) is 4.79 Å². The fourth-order valence-corrected chi connectivity index (χ4v) is 2.23. The van der Waals surface area contributed by atoms with Crippen LogP contribution in [0.15, 0.2) is 85.2 Å². The number of nitrogens with zero attached hydrogens (tertiary/aromatic N) is 1. The van der Waals surface area contributed by atoms with E-state index in [1.165, 1.54) is 0 Å². The summed E-state index contributed by atoms with van der Waals surface area (Å²) in [6.07, 6.45) is 6.54. The molecule has 0 aliphatic rings. The van der Waals surface area contributed by atoms with Crippen LogP contribution in [0.1, 0.15) is 21.5 Å². The Balaban J connectivity index is 0.00000225. The zero-order chi connectivity index (χ0) is 16.6. The van der Waals surface area contributed by atoms with Gasteiger partial charge >= 0.3 is 0 Å². The van der Waals surface area contributed by atoms with Crippen LogP contribution in [-0.2, 0) is 6.61 Å². The van der Waals surface area contributed by atoms with E-state index in [-0.39, 0.29) is 18.2 Å². The van der Waals surface area contributed by atoms with Gasteiger partial charge in [0, 0.05) is 18.0 Å². The molecule has 0 N–H and O–H groups in total. The fraction of sp³-hybridized carbons (Fsp3) is 0.0476. The molecule has 0 saturated heterocycles. The number of carbonyl (C=O) groups excluding carboxylic acids is 1. The number of allylic oxidation sites excluding steroid dienone is 1. The highest BCUT2D eigenvalue weighted by Gasteiger charge is 2.01. The van der Waals surface area contributed by atoms with Crippen molar-refractivity contribution in [2.24, 2.45) is 0 Å². The molecule has 0 spiro atoms. The van der Waals surface area contributed by atoms with Crippen molar-refractivity contribution in [2.45, 2.75) is 6.61 Å². The summed E-state index contributed by atoms with van der Waals surface area (Å²) in [5, 5.41) is 0. The van der Waals surface area contributed by atoms with Crippen molar-refractivity contribution in [1.82, 2.24) is 4.98 Å². The predicted octanol–water partition coefficient (Wildman–Crippen LogP) is 1.56. The number of benzene rings is 2. The second-order valence-corrected chi connectivity index (χ2v) is 5.29. The van der Waals surface area contributed by atoms with E-state index in [1.54, 1.807) is 36.7 Å². The molecular weight excluding hydrogens is 334 g/mol. The number of ether oxygens (including phenoxy) is 1. The molecule has 0 amide bonds. The molecule has 0 atom stereocenters. The number of hydrogen-bond acceptors (Lipinski definition) is 3. The van der Waals surface area contributed by atoms with Crippen molar-refractivity contribution >= 4 is 11.9 Å². The first-order valence-electron chi connectivity index (χ1n) is 7.70. The van der Waals surface area contributed by atoms with Crippen LogP contribution >= 0.6 is 0 Å². The molecule has 4 heteroatoms. The lowest BCUT2D eigenvalue weighted by Crippen LogP contribution is -3.00. The molecule has 1 heterocycles. The number of halogens is 1.